The molecule has 0 unspecified atom stereocenters. The number of aromatic nitrogens is 3. The molecule has 1 aromatic carbocycles. The zero-order valence-electron chi connectivity index (χ0n) is 15.5. The average Bonchev–Trinajstić information content (AvgIpc) is 3.18. The summed E-state index contributed by atoms with van der Waals surface area (Å²) in [5.41, 5.74) is 3.47. The molecule has 27 heavy (non-hydrogen) atoms. The second-order valence-electron chi connectivity index (χ2n) is 7.06. The molecule has 4 rings (SSSR count). The Hall–Kier alpha value is -2.91. The summed E-state index contributed by atoms with van der Waals surface area (Å²) in [4.78, 5) is 11.7. The molecule has 6 nitrogen and oxygen atoms in total. The first-order valence-electron chi connectivity index (χ1n) is 9.44. The van der Waals surface area contributed by atoms with Crippen LogP contribution >= 0.6 is 0 Å². The van der Waals surface area contributed by atoms with Gasteiger partial charge in [0.15, 0.2) is 0 Å². The van der Waals surface area contributed by atoms with Gasteiger partial charge < -0.3 is 15.0 Å². The molecule has 0 radical (unpaired) electrons. The molecule has 1 aliphatic rings. The number of rotatable bonds is 5. The normalized spacial score (nSPS) is 15.0. The minimum Gasteiger partial charge on any atom is -0.493 e. The average molecular weight is 361 g/mol. The molecule has 0 aliphatic carbocycles. The zero-order chi connectivity index (χ0) is 18.6. The highest BCUT2D eigenvalue weighted by Gasteiger charge is 2.14. The van der Waals surface area contributed by atoms with E-state index in [9.17, 15) is 5.26 Å². The van der Waals surface area contributed by atoms with Crippen molar-refractivity contribution in [3.8, 4) is 23.1 Å². The van der Waals surface area contributed by atoms with E-state index in [-0.39, 0.29) is 5.82 Å². The Morgan fingerprint density at radius 3 is 2.85 bits per heavy atom. The molecule has 2 aromatic heterocycles. The standard InChI is InChI=1S/C21H23N5O/c1-14-12-16(20-17-6-10-24-21(17)26-19(13-22)25-20)2-3-18(14)27-11-7-15-4-8-23-9-5-15/h2-3,6,10,12,15,23H,4-5,7-9,11H2,1H3,(H,24,25,26). The van der Waals surface area contributed by atoms with Crippen molar-refractivity contribution in [2.24, 2.45) is 5.92 Å². The molecule has 0 saturated carbocycles. The number of nitriles is 1. The number of ether oxygens (including phenoxy) is 1. The van der Waals surface area contributed by atoms with E-state index in [1.165, 1.54) is 12.8 Å². The van der Waals surface area contributed by atoms with Crippen LogP contribution < -0.4 is 10.1 Å². The van der Waals surface area contributed by atoms with E-state index in [1.54, 1.807) is 0 Å². The fraction of sp³-hybridized carbons (Fsp3) is 0.381. The van der Waals surface area contributed by atoms with Crippen molar-refractivity contribution in [1.82, 2.24) is 20.3 Å². The summed E-state index contributed by atoms with van der Waals surface area (Å²) in [7, 11) is 0. The predicted molar refractivity (Wildman–Crippen MR) is 104 cm³/mol. The van der Waals surface area contributed by atoms with E-state index in [0.29, 0.717) is 5.65 Å². The van der Waals surface area contributed by atoms with Gasteiger partial charge in [0.2, 0.25) is 5.82 Å². The summed E-state index contributed by atoms with van der Waals surface area (Å²) in [5.74, 6) is 1.84. The third-order valence-corrected chi connectivity index (χ3v) is 5.21. The number of benzene rings is 1. The van der Waals surface area contributed by atoms with Crippen LogP contribution in [0.2, 0.25) is 0 Å². The Morgan fingerprint density at radius 2 is 2.07 bits per heavy atom. The number of aryl methyl sites for hydroxylation is 1. The van der Waals surface area contributed by atoms with E-state index in [0.717, 1.165) is 60.0 Å². The van der Waals surface area contributed by atoms with Crippen molar-refractivity contribution in [2.45, 2.75) is 26.2 Å². The lowest BCUT2D eigenvalue weighted by atomic mass is 9.95. The fourth-order valence-electron chi connectivity index (χ4n) is 3.68. The van der Waals surface area contributed by atoms with E-state index in [2.05, 4.69) is 26.3 Å². The number of hydrogen-bond donors (Lipinski definition) is 2. The Kier molecular flexibility index (Phi) is 5.03. The van der Waals surface area contributed by atoms with Gasteiger partial charge in [-0.05, 0) is 75.0 Å². The summed E-state index contributed by atoms with van der Waals surface area (Å²) in [5, 5.41) is 13.5. The zero-order valence-corrected chi connectivity index (χ0v) is 15.5. The van der Waals surface area contributed by atoms with Gasteiger partial charge in [0.25, 0.3) is 0 Å². The second kappa shape index (κ2) is 7.77. The monoisotopic (exact) mass is 361 g/mol. The van der Waals surface area contributed by atoms with Gasteiger partial charge in [0.05, 0.1) is 12.3 Å². The molecule has 138 valence electrons. The van der Waals surface area contributed by atoms with Crippen molar-refractivity contribution >= 4 is 11.0 Å². The number of H-pyrrole nitrogens is 1. The van der Waals surface area contributed by atoms with E-state index in [1.807, 2.05) is 37.4 Å². The van der Waals surface area contributed by atoms with Crippen molar-refractivity contribution < 1.29 is 4.74 Å². The summed E-state index contributed by atoms with van der Waals surface area (Å²) < 4.78 is 6.04. The van der Waals surface area contributed by atoms with Gasteiger partial charge in [0, 0.05) is 17.1 Å². The number of fused-ring (bicyclic) bond motifs is 1. The van der Waals surface area contributed by atoms with Crippen LogP contribution in [0, 0.1) is 24.2 Å². The molecule has 6 heteroatoms. The number of piperidine rings is 1. The Bertz CT molecular complexity index is 982. The largest absolute Gasteiger partial charge is 0.493 e. The smallest absolute Gasteiger partial charge is 0.234 e. The quantitative estimate of drug-likeness (QED) is 0.725. The maximum absolute atomic E-state index is 9.20. The van der Waals surface area contributed by atoms with E-state index < -0.39 is 0 Å². The fourth-order valence-corrected chi connectivity index (χ4v) is 3.68. The Morgan fingerprint density at radius 1 is 1.22 bits per heavy atom. The van der Waals surface area contributed by atoms with Gasteiger partial charge in [-0.2, -0.15) is 5.26 Å². The molecule has 0 atom stereocenters. The third kappa shape index (κ3) is 3.79. The van der Waals surface area contributed by atoms with Crippen LogP contribution in [0.3, 0.4) is 0 Å². The maximum atomic E-state index is 9.20. The topological polar surface area (TPSA) is 86.6 Å². The molecule has 3 heterocycles. The van der Waals surface area contributed by atoms with Crippen LogP contribution in [0.1, 0.15) is 30.7 Å². The van der Waals surface area contributed by atoms with Crippen LogP contribution in [0.25, 0.3) is 22.3 Å². The first-order valence-corrected chi connectivity index (χ1v) is 9.44. The highest BCUT2D eigenvalue weighted by Crippen LogP contribution is 2.30. The van der Waals surface area contributed by atoms with Crippen LogP contribution in [0.15, 0.2) is 30.5 Å². The van der Waals surface area contributed by atoms with Crippen molar-refractivity contribution in [2.75, 3.05) is 19.7 Å². The minimum atomic E-state index is 0.167. The summed E-state index contributed by atoms with van der Waals surface area (Å²) in [6.45, 7) is 5.04. The number of hydrogen-bond acceptors (Lipinski definition) is 5. The number of nitrogens with one attached hydrogen (secondary N) is 2. The third-order valence-electron chi connectivity index (χ3n) is 5.21. The lowest BCUT2D eigenvalue weighted by molar-refractivity contribution is 0.251. The van der Waals surface area contributed by atoms with Crippen molar-refractivity contribution in [1.29, 1.82) is 5.26 Å². The lowest BCUT2D eigenvalue weighted by Crippen LogP contribution is -2.28. The van der Waals surface area contributed by atoms with Crippen LogP contribution in [0.4, 0.5) is 0 Å². The Labute approximate surface area is 158 Å². The first kappa shape index (κ1) is 17.5. The lowest BCUT2D eigenvalue weighted by Gasteiger charge is -2.22. The molecule has 1 aliphatic heterocycles. The molecular weight excluding hydrogens is 338 g/mol. The molecule has 0 amide bonds. The molecule has 3 aromatic rings. The molecular formula is C21H23N5O. The van der Waals surface area contributed by atoms with E-state index in [4.69, 9.17) is 4.74 Å². The van der Waals surface area contributed by atoms with Crippen LogP contribution in [-0.2, 0) is 0 Å². The summed E-state index contributed by atoms with van der Waals surface area (Å²) >= 11 is 0. The molecule has 0 bridgehead atoms. The highest BCUT2D eigenvalue weighted by atomic mass is 16.5. The molecule has 1 fully saturated rings. The molecule has 2 N–H and O–H groups in total. The van der Waals surface area contributed by atoms with Gasteiger partial charge >= 0.3 is 0 Å². The molecule has 0 spiro atoms. The first-order chi connectivity index (χ1) is 13.2. The summed E-state index contributed by atoms with van der Waals surface area (Å²) in [6.07, 6.45) is 5.39. The van der Waals surface area contributed by atoms with Crippen LogP contribution in [-0.4, -0.2) is 34.6 Å². The van der Waals surface area contributed by atoms with Gasteiger partial charge in [-0.1, -0.05) is 0 Å². The number of aromatic amines is 1. The van der Waals surface area contributed by atoms with Crippen molar-refractivity contribution in [3.63, 3.8) is 0 Å². The van der Waals surface area contributed by atoms with E-state index >= 15 is 0 Å². The second-order valence-corrected chi connectivity index (χ2v) is 7.06. The van der Waals surface area contributed by atoms with Gasteiger partial charge in [-0.15, -0.1) is 0 Å². The maximum Gasteiger partial charge on any atom is 0.234 e. The van der Waals surface area contributed by atoms with Gasteiger partial charge in [-0.3, -0.25) is 0 Å². The molecule has 1 saturated heterocycles. The number of nitrogens with zero attached hydrogens (tertiary/aromatic N) is 3. The van der Waals surface area contributed by atoms with Gasteiger partial charge in [-0.25, -0.2) is 9.97 Å². The van der Waals surface area contributed by atoms with Crippen LogP contribution in [0.5, 0.6) is 5.75 Å². The van der Waals surface area contributed by atoms with Crippen molar-refractivity contribution in [3.05, 3.63) is 41.9 Å². The van der Waals surface area contributed by atoms with Gasteiger partial charge in [0.1, 0.15) is 17.5 Å². The predicted octanol–water partition coefficient (Wildman–Crippen LogP) is 3.57. The Balaban J connectivity index is 1.52. The SMILES string of the molecule is Cc1cc(-c2nc(C#N)nc3[nH]ccc23)ccc1OCCC1CCNCC1. The minimum absolute atomic E-state index is 0.167. The summed E-state index contributed by atoms with van der Waals surface area (Å²) in [6, 6.07) is 10.0. The highest BCUT2D eigenvalue weighted by molar-refractivity contribution is 5.91.